The molecule has 2 aromatic carbocycles. The van der Waals surface area contributed by atoms with Crippen LogP contribution in [0.3, 0.4) is 0 Å². The molecule has 2 aromatic rings. The molecule has 0 unspecified atom stereocenters. The lowest BCUT2D eigenvalue weighted by Gasteiger charge is -2.32. The molecule has 1 atom stereocenters. The molecule has 0 spiro atoms. The SMILES string of the molecule is CC(=O)N1C=Cc2ccccc2[C@@H]1CC(=O)Nc1ccc(F)c(NC(=O)C2CC2)c1. The lowest BCUT2D eigenvalue weighted by molar-refractivity contribution is -0.129. The van der Waals surface area contributed by atoms with Crippen LogP contribution in [0.15, 0.2) is 48.7 Å². The van der Waals surface area contributed by atoms with Gasteiger partial charge in [0.25, 0.3) is 0 Å². The van der Waals surface area contributed by atoms with Crippen molar-refractivity contribution in [3.05, 3.63) is 65.6 Å². The Morgan fingerprint density at radius 1 is 1.10 bits per heavy atom. The minimum absolute atomic E-state index is 0.0426. The maximum absolute atomic E-state index is 14.1. The standard InChI is InChI=1S/C23H22FN3O3/c1-14(28)27-11-10-15-4-2-3-5-18(15)21(27)13-22(29)25-17-8-9-19(24)20(12-17)26-23(30)16-6-7-16/h2-5,8-12,16,21H,6-7,13H2,1H3,(H,25,29)(H,26,30)/t21-/m0/s1. The number of hydrogen-bond donors (Lipinski definition) is 2. The summed E-state index contributed by atoms with van der Waals surface area (Å²) in [4.78, 5) is 38.3. The predicted molar refractivity (Wildman–Crippen MR) is 112 cm³/mol. The summed E-state index contributed by atoms with van der Waals surface area (Å²) in [6.07, 6.45) is 5.20. The van der Waals surface area contributed by atoms with Crippen LogP contribution in [0.25, 0.3) is 6.08 Å². The smallest absolute Gasteiger partial charge is 0.227 e. The topological polar surface area (TPSA) is 78.5 Å². The van der Waals surface area contributed by atoms with Gasteiger partial charge in [-0.3, -0.25) is 14.4 Å². The minimum Gasteiger partial charge on any atom is -0.326 e. The first-order chi connectivity index (χ1) is 14.4. The van der Waals surface area contributed by atoms with Gasteiger partial charge in [0.2, 0.25) is 17.7 Å². The van der Waals surface area contributed by atoms with E-state index in [0.717, 1.165) is 24.0 Å². The number of halogens is 1. The van der Waals surface area contributed by atoms with Crippen LogP contribution in [0.2, 0.25) is 0 Å². The van der Waals surface area contributed by atoms with Gasteiger partial charge in [0.05, 0.1) is 18.2 Å². The molecule has 1 saturated carbocycles. The highest BCUT2D eigenvalue weighted by atomic mass is 19.1. The molecule has 4 rings (SSSR count). The van der Waals surface area contributed by atoms with Crippen molar-refractivity contribution < 1.29 is 18.8 Å². The van der Waals surface area contributed by atoms with E-state index in [1.165, 1.54) is 30.0 Å². The maximum atomic E-state index is 14.1. The Morgan fingerprint density at radius 3 is 2.60 bits per heavy atom. The first kappa shape index (κ1) is 19.8. The van der Waals surface area contributed by atoms with Crippen molar-refractivity contribution >= 4 is 35.2 Å². The van der Waals surface area contributed by atoms with Crippen molar-refractivity contribution in [3.8, 4) is 0 Å². The van der Waals surface area contributed by atoms with Crippen LogP contribution in [-0.4, -0.2) is 22.6 Å². The van der Waals surface area contributed by atoms with E-state index in [2.05, 4.69) is 10.6 Å². The summed E-state index contributed by atoms with van der Waals surface area (Å²) >= 11 is 0. The molecule has 1 aliphatic carbocycles. The average molecular weight is 407 g/mol. The molecule has 2 N–H and O–H groups in total. The molecular weight excluding hydrogens is 385 g/mol. The maximum Gasteiger partial charge on any atom is 0.227 e. The van der Waals surface area contributed by atoms with Gasteiger partial charge in [0.15, 0.2) is 0 Å². The van der Waals surface area contributed by atoms with E-state index in [-0.39, 0.29) is 35.7 Å². The first-order valence-electron chi connectivity index (χ1n) is 9.88. The highest BCUT2D eigenvalue weighted by molar-refractivity contribution is 5.96. The second-order valence-electron chi connectivity index (χ2n) is 7.60. The van der Waals surface area contributed by atoms with Crippen molar-refractivity contribution in [1.82, 2.24) is 4.90 Å². The van der Waals surface area contributed by atoms with Gasteiger partial charge >= 0.3 is 0 Å². The van der Waals surface area contributed by atoms with Gasteiger partial charge in [0, 0.05) is 24.7 Å². The third-order valence-corrected chi connectivity index (χ3v) is 5.30. The number of amides is 3. The van der Waals surface area contributed by atoms with Crippen molar-refractivity contribution in [2.75, 3.05) is 10.6 Å². The summed E-state index contributed by atoms with van der Waals surface area (Å²) in [5.74, 6) is -1.30. The van der Waals surface area contributed by atoms with Crippen molar-refractivity contribution in [3.63, 3.8) is 0 Å². The van der Waals surface area contributed by atoms with Crippen molar-refractivity contribution in [2.45, 2.75) is 32.2 Å². The van der Waals surface area contributed by atoms with Crippen LogP contribution >= 0.6 is 0 Å². The van der Waals surface area contributed by atoms with Gasteiger partial charge in [-0.1, -0.05) is 24.3 Å². The number of hydrogen-bond acceptors (Lipinski definition) is 3. The molecule has 154 valence electrons. The Morgan fingerprint density at radius 2 is 1.87 bits per heavy atom. The number of benzene rings is 2. The third kappa shape index (κ3) is 4.25. The van der Waals surface area contributed by atoms with Gasteiger partial charge in [-0.25, -0.2) is 4.39 Å². The molecule has 2 aliphatic rings. The van der Waals surface area contributed by atoms with Gasteiger partial charge in [-0.2, -0.15) is 0 Å². The fourth-order valence-electron chi connectivity index (χ4n) is 3.58. The van der Waals surface area contributed by atoms with Crippen LogP contribution in [0.4, 0.5) is 15.8 Å². The van der Waals surface area contributed by atoms with Crippen molar-refractivity contribution in [2.24, 2.45) is 5.92 Å². The summed E-state index contributed by atoms with van der Waals surface area (Å²) in [7, 11) is 0. The summed E-state index contributed by atoms with van der Waals surface area (Å²) in [6, 6.07) is 11.2. The second-order valence-corrected chi connectivity index (χ2v) is 7.60. The largest absolute Gasteiger partial charge is 0.326 e. The average Bonchev–Trinajstić information content (AvgIpc) is 3.56. The fraction of sp³-hybridized carbons (Fsp3) is 0.261. The molecule has 0 radical (unpaired) electrons. The summed E-state index contributed by atoms with van der Waals surface area (Å²) < 4.78 is 14.1. The number of fused-ring (bicyclic) bond motifs is 1. The van der Waals surface area contributed by atoms with Crippen LogP contribution in [0.1, 0.15) is 43.4 Å². The fourth-order valence-corrected chi connectivity index (χ4v) is 3.58. The zero-order valence-corrected chi connectivity index (χ0v) is 16.5. The Labute approximate surface area is 173 Å². The molecule has 3 amide bonds. The van der Waals surface area contributed by atoms with E-state index in [0.29, 0.717) is 5.69 Å². The minimum atomic E-state index is -0.559. The summed E-state index contributed by atoms with van der Waals surface area (Å²) in [6.45, 7) is 1.46. The van der Waals surface area contributed by atoms with Crippen LogP contribution < -0.4 is 10.6 Å². The molecule has 1 fully saturated rings. The molecule has 0 bridgehead atoms. The van der Waals surface area contributed by atoms with E-state index in [4.69, 9.17) is 0 Å². The van der Waals surface area contributed by atoms with Crippen LogP contribution in [-0.2, 0) is 14.4 Å². The Kier molecular flexibility index (Phi) is 5.35. The summed E-state index contributed by atoms with van der Waals surface area (Å²) in [5.41, 5.74) is 2.27. The van der Waals surface area contributed by atoms with E-state index < -0.39 is 11.9 Å². The van der Waals surface area contributed by atoms with Gasteiger partial charge in [-0.15, -0.1) is 0 Å². The molecular formula is C23H22FN3O3. The number of carbonyl (C=O) groups is 3. The van der Waals surface area contributed by atoms with Gasteiger partial charge in [0.1, 0.15) is 5.82 Å². The van der Waals surface area contributed by atoms with Gasteiger partial charge in [-0.05, 0) is 48.2 Å². The first-order valence-corrected chi connectivity index (χ1v) is 9.88. The van der Waals surface area contributed by atoms with E-state index in [9.17, 15) is 18.8 Å². The van der Waals surface area contributed by atoms with Crippen molar-refractivity contribution in [1.29, 1.82) is 0 Å². The zero-order valence-electron chi connectivity index (χ0n) is 16.5. The number of carbonyl (C=O) groups excluding carboxylic acids is 3. The molecule has 1 heterocycles. The molecule has 7 heteroatoms. The van der Waals surface area contributed by atoms with E-state index >= 15 is 0 Å². The predicted octanol–water partition coefficient (Wildman–Crippen LogP) is 4.08. The lowest BCUT2D eigenvalue weighted by atomic mass is 9.93. The van der Waals surface area contributed by atoms with Gasteiger partial charge < -0.3 is 15.5 Å². The number of nitrogens with zero attached hydrogens (tertiary/aromatic N) is 1. The molecule has 1 aliphatic heterocycles. The third-order valence-electron chi connectivity index (χ3n) is 5.30. The highest BCUT2D eigenvalue weighted by Gasteiger charge is 2.30. The van der Waals surface area contributed by atoms with E-state index in [1.54, 1.807) is 6.20 Å². The lowest BCUT2D eigenvalue weighted by Crippen LogP contribution is -2.33. The molecule has 30 heavy (non-hydrogen) atoms. The van der Waals surface area contributed by atoms with Crippen LogP contribution in [0.5, 0.6) is 0 Å². The zero-order chi connectivity index (χ0) is 21.3. The quantitative estimate of drug-likeness (QED) is 0.784. The normalized spacial score (nSPS) is 17.3. The number of anilines is 2. The summed E-state index contributed by atoms with van der Waals surface area (Å²) in [5, 5.41) is 5.32. The van der Waals surface area contributed by atoms with Crippen LogP contribution in [0, 0.1) is 11.7 Å². The van der Waals surface area contributed by atoms with E-state index in [1.807, 2.05) is 30.3 Å². The molecule has 0 aromatic heterocycles. The monoisotopic (exact) mass is 407 g/mol. The second kappa shape index (κ2) is 8.10. The highest BCUT2D eigenvalue weighted by Crippen LogP contribution is 2.34. The number of nitrogens with one attached hydrogen (secondary N) is 2. The molecule has 0 saturated heterocycles. The Hall–Kier alpha value is -3.48. The number of rotatable bonds is 5. The molecule has 6 nitrogen and oxygen atoms in total. The Balaban J connectivity index is 1.49. The Bertz CT molecular complexity index is 1050.